The Morgan fingerprint density at radius 2 is 0.980 bits per heavy atom. The second-order valence-corrected chi connectivity index (χ2v) is 15.1. The first-order valence-corrected chi connectivity index (χ1v) is 18.8. The van der Waals surface area contributed by atoms with Crippen molar-refractivity contribution in [1.29, 1.82) is 0 Å². The number of hydrogen-bond donors (Lipinski definition) is 1. The van der Waals surface area contributed by atoms with E-state index in [0.717, 1.165) is 22.0 Å². The van der Waals surface area contributed by atoms with E-state index in [1.807, 2.05) is 66.7 Å². The Hall–Kier alpha value is -4.81. The van der Waals surface area contributed by atoms with Gasteiger partial charge in [-0.25, -0.2) is 0 Å². The van der Waals surface area contributed by atoms with Crippen molar-refractivity contribution < 1.29 is 21.6 Å². The first-order valence-electron chi connectivity index (χ1n) is 17.3. The van der Waals surface area contributed by atoms with Gasteiger partial charge in [0.2, 0.25) is 0 Å². The van der Waals surface area contributed by atoms with Gasteiger partial charge in [-0.1, -0.05) is 131 Å². The molecule has 7 aromatic rings. The van der Waals surface area contributed by atoms with Crippen LogP contribution < -0.4 is 15.9 Å². The molecule has 0 aliphatic carbocycles. The summed E-state index contributed by atoms with van der Waals surface area (Å²) in [5, 5.41) is 16.8. The molecule has 0 saturated heterocycles. The summed E-state index contributed by atoms with van der Waals surface area (Å²) in [6, 6.07) is 63.2. The molecular formula is C47H46NNiOP. The van der Waals surface area contributed by atoms with Crippen LogP contribution in [0.25, 0.3) is 10.8 Å². The Bertz CT molecular complexity index is 1920. The summed E-state index contributed by atoms with van der Waals surface area (Å²) < 4.78 is 0. The van der Waals surface area contributed by atoms with Gasteiger partial charge in [0.25, 0.3) is 0 Å². The number of aromatic hydroxyl groups is 1. The SMILES string of the molecule is CC(C)c1cccc(C(C)C)c1N=Cc1ccc2ccccc2c1O.[Ni].[c-]1ccccc1.c1ccc([PH+](c2ccccc2)c2ccccc2)cc1. The third-order valence-corrected chi connectivity index (χ3v) is 11.1. The maximum Gasteiger partial charge on any atom is 0.132 e. The second-order valence-electron chi connectivity index (χ2n) is 12.6. The maximum absolute atomic E-state index is 10.6. The van der Waals surface area contributed by atoms with Gasteiger partial charge in [-0.05, 0) is 70.8 Å². The summed E-state index contributed by atoms with van der Waals surface area (Å²) in [6.45, 7) is 8.75. The van der Waals surface area contributed by atoms with E-state index in [0.29, 0.717) is 11.8 Å². The van der Waals surface area contributed by atoms with Crippen molar-refractivity contribution in [3.63, 3.8) is 0 Å². The number of nitrogens with zero attached hydrogens (tertiary/aromatic N) is 1. The van der Waals surface area contributed by atoms with Crippen LogP contribution in [0, 0.1) is 6.07 Å². The third-order valence-electron chi connectivity index (χ3n) is 8.40. The van der Waals surface area contributed by atoms with Gasteiger partial charge in [0, 0.05) is 33.7 Å². The Balaban J connectivity index is 0.000000197. The predicted molar refractivity (Wildman–Crippen MR) is 219 cm³/mol. The number of phenols is 1. The van der Waals surface area contributed by atoms with Crippen LogP contribution >= 0.6 is 7.92 Å². The van der Waals surface area contributed by atoms with Gasteiger partial charge in [0.05, 0.1) is 13.6 Å². The van der Waals surface area contributed by atoms with Crippen LogP contribution in [0.4, 0.5) is 5.69 Å². The third kappa shape index (κ3) is 10.8. The van der Waals surface area contributed by atoms with E-state index >= 15 is 0 Å². The predicted octanol–water partition coefficient (Wildman–Crippen LogP) is 11.2. The van der Waals surface area contributed by atoms with Crippen LogP contribution in [0.2, 0.25) is 0 Å². The van der Waals surface area contributed by atoms with Crippen molar-refractivity contribution in [3.8, 4) is 5.75 Å². The van der Waals surface area contributed by atoms with E-state index in [9.17, 15) is 5.11 Å². The molecule has 0 heterocycles. The summed E-state index contributed by atoms with van der Waals surface area (Å²) in [5.74, 6) is 1.09. The van der Waals surface area contributed by atoms with E-state index in [2.05, 4.69) is 143 Å². The molecule has 4 heteroatoms. The van der Waals surface area contributed by atoms with Gasteiger partial charge < -0.3 is 5.11 Å². The molecule has 0 atom stereocenters. The molecule has 0 spiro atoms. The Kier molecular flexibility index (Phi) is 15.4. The van der Waals surface area contributed by atoms with E-state index in [1.165, 1.54) is 27.0 Å². The van der Waals surface area contributed by atoms with Gasteiger partial charge >= 0.3 is 0 Å². The molecule has 51 heavy (non-hydrogen) atoms. The molecule has 2 nitrogen and oxygen atoms in total. The number of rotatable bonds is 7. The molecule has 7 rings (SSSR count). The number of para-hydroxylation sites is 1. The van der Waals surface area contributed by atoms with E-state index in [1.54, 1.807) is 6.21 Å². The average Bonchev–Trinajstić information content (AvgIpc) is 3.17. The van der Waals surface area contributed by atoms with E-state index in [-0.39, 0.29) is 22.2 Å². The topological polar surface area (TPSA) is 32.6 Å². The zero-order chi connectivity index (χ0) is 35.1. The van der Waals surface area contributed by atoms with Gasteiger partial charge in [-0.2, -0.15) is 36.4 Å². The van der Waals surface area contributed by atoms with Crippen molar-refractivity contribution in [2.24, 2.45) is 4.99 Å². The zero-order valence-corrected chi connectivity index (χ0v) is 31.7. The molecule has 7 aromatic carbocycles. The van der Waals surface area contributed by atoms with Crippen molar-refractivity contribution in [3.05, 3.63) is 199 Å². The molecule has 0 fully saturated rings. The number of benzene rings is 7. The van der Waals surface area contributed by atoms with E-state index in [4.69, 9.17) is 4.99 Å². The minimum atomic E-state index is -0.877. The molecule has 0 unspecified atom stereocenters. The van der Waals surface area contributed by atoms with Crippen molar-refractivity contribution in [2.75, 3.05) is 0 Å². The van der Waals surface area contributed by atoms with Gasteiger partial charge in [-0.3, -0.25) is 4.99 Å². The molecule has 260 valence electrons. The van der Waals surface area contributed by atoms with E-state index < -0.39 is 7.92 Å². The largest absolute Gasteiger partial charge is 0.507 e. The second kappa shape index (κ2) is 20.1. The van der Waals surface area contributed by atoms with Gasteiger partial charge in [0.1, 0.15) is 21.7 Å². The Labute approximate surface area is 315 Å². The fourth-order valence-corrected chi connectivity index (χ4v) is 8.40. The number of fused-ring (bicyclic) bond motifs is 1. The molecule has 0 aromatic heterocycles. The van der Waals surface area contributed by atoms with Crippen molar-refractivity contribution in [1.82, 2.24) is 0 Å². The molecule has 0 aliphatic heterocycles. The minimum absolute atomic E-state index is 0. The maximum atomic E-state index is 10.6. The molecular weight excluding hydrogens is 684 g/mol. The smallest absolute Gasteiger partial charge is 0.132 e. The summed E-state index contributed by atoms with van der Waals surface area (Å²) in [4.78, 5) is 4.80. The number of phenolic OH excluding ortho intramolecular Hbond substituents is 1. The Morgan fingerprint density at radius 1 is 0.529 bits per heavy atom. The Morgan fingerprint density at radius 3 is 1.41 bits per heavy atom. The standard InChI is InChI=1S/C23H25NO.C18H15P.C6H5.Ni/c1-15(2)19-10-7-11-20(16(3)4)22(19)24-14-18-13-12-17-8-5-6-9-21(17)23(18)25;1-4-10-16(11-5-1)19(17-12-6-2-7-13-17)18-14-8-3-9-15-18;1-2-4-6-5-3-1;/h5-16,25H,1-4H3;1-15H;1-5H;/q;;-1;/p+1. The zero-order valence-electron chi connectivity index (χ0n) is 29.7. The molecule has 0 radical (unpaired) electrons. The number of hydrogen-bond acceptors (Lipinski definition) is 2. The molecule has 0 amide bonds. The molecule has 0 bridgehead atoms. The first kappa shape index (κ1) is 39.0. The van der Waals surface area contributed by atoms with Crippen molar-refractivity contribution in [2.45, 2.75) is 39.5 Å². The van der Waals surface area contributed by atoms with Gasteiger partial charge in [0.15, 0.2) is 0 Å². The quantitative estimate of drug-likeness (QED) is 0.0753. The average molecular weight is 731 g/mol. The fourth-order valence-electron chi connectivity index (χ4n) is 5.83. The number of aliphatic imine (C=N–C) groups is 1. The van der Waals surface area contributed by atoms with Crippen LogP contribution in [0.1, 0.15) is 56.2 Å². The first-order chi connectivity index (χ1) is 24.4. The normalized spacial score (nSPS) is 10.7. The molecule has 1 N–H and O–H groups in total. The fraction of sp³-hybridized carbons (Fsp3) is 0.128. The van der Waals surface area contributed by atoms with Crippen LogP contribution in [0.3, 0.4) is 0 Å². The summed E-state index contributed by atoms with van der Waals surface area (Å²) in [6.07, 6.45) is 1.79. The summed E-state index contributed by atoms with van der Waals surface area (Å²) in [5.41, 5.74) is 4.25. The van der Waals surface area contributed by atoms with Crippen LogP contribution in [0.5, 0.6) is 5.75 Å². The molecule has 0 aliphatic rings. The summed E-state index contributed by atoms with van der Waals surface area (Å²) >= 11 is 0. The van der Waals surface area contributed by atoms with Crippen LogP contribution in [-0.4, -0.2) is 11.3 Å². The van der Waals surface area contributed by atoms with Crippen molar-refractivity contribution >= 4 is 46.5 Å². The summed E-state index contributed by atoms with van der Waals surface area (Å²) in [7, 11) is -0.877. The van der Waals surface area contributed by atoms with Gasteiger partial charge in [-0.15, -0.1) is 0 Å². The minimum Gasteiger partial charge on any atom is -0.507 e. The monoisotopic (exact) mass is 729 g/mol. The van der Waals surface area contributed by atoms with Crippen LogP contribution in [0.15, 0.2) is 181 Å². The molecule has 0 saturated carbocycles. The van der Waals surface area contributed by atoms with Crippen LogP contribution in [-0.2, 0) is 16.5 Å².